The molecule has 6 nitrogen and oxygen atoms in total. The van der Waals surface area contributed by atoms with Crippen molar-refractivity contribution in [3.05, 3.63) is 41.0 Å². The van der Waals surface area contributed by atoms with Crippen molar-refractivity contribution in [1.82, 2.24) is 0 Å². The molecule has 4 rings (SSSR count). The van der Waals surface area contributed by atoms with Crippen LogP contribution in [-0.4, -0.2) is 37.7 Å². The quantitative estimate of drug-likeness (QED) is 0.766. The number of likely N-dealkylation sites (N-methyl/N-ethyl adjacent to an activating group) is 1. The fraction of sp³-hybridized carbons (Fsp3) is 0.333. The maximum absolute atomic E-state index is 10.4. The Labute approximate surface area is 139 Å². The monoisotopic (exact) mass is 330 g/mol. The first-order valence-corrected chi connectivity index (χ1v) is 7.93. The van der Waals surface area contributed by atoms with Crippen molar-refractivity contribution in [2.75, 3.05) is 27.5 Å². The molecule has 2 aliphatic heterocycles. The van der Waals surface area contributed by atoms with Gasteiger partial charge in [-0.3, -0.25) is 0 Å². The normalized spacial score (nSPS) is 21.4. The average molecular weight is 330 g/mol. The second-order valence-electron chi connectivity index (χ2n) is 6.24. The third-order valence-electron chi connectivity index (χ3n) is 4.84. The van der Waals surface area contributed by atoms with Gasteiger partial charge >= 0.3 is 0 Å². The van der Waals surface area contributed by atoms with Gasteiger partial charge in [0.05, 0.1) is 31.8 Å². The molecule has 0 aromatic heterocycles. The zero-order chi connectivity index (χ0) is 16.8. The molecular weight excluding hydrogens is 310 g/mol. The summed E-state index contributed by atoms with van der Waals surface area (Å²) in [5, 5.41) is 20.0. The van der Waals surface area contributed by atoms with Gasteiger partial charge in [-0.1, -0.05) is 0 Å². The molecule has 0 radical (unpaired) electrons. The molecule has 0 spiro atoms. The molecule has 1 unspecified atom stereocenters. The summed E-state index contributed by atoms with van der Waals surface area (Å²) in [7, 11) is 3.71. The number of hydrogen-bond donors (Lipinski definition) is 3. The number of hydrogen-bond acceptors (Lipinski definition) is 5. The fourth-order valence-electron chi connectivity index (χ4n) is 3.72. The second kappa shape index (κ2) is 5.49. The molecule has 0 aliphatic carbocycles. The van der Waals surface area contributed by atoms with Crippen LogP contribution in [-0.2, 0) is 6.42 Å². The third kappa shape index (κ3) is 2.14. The van der Waals surface area contributed by atoms with Crippen LogP contribution in [0.2, 0.25) is 0 Å². The molecule has 2 aromatic rings. The molecule has 2 atom stereocenters. The summed E-state index contributed by atoms with van der Waals surface area (Å²) in [5.74, 6) is 2.11. The molecule has 2 heterocycles. The molecule has 0 bridgehead atoms. The van der Waals surface area contributed by atoms with Crippen LogP contribution in [0.4, 0.5) is 0 Å². The van der Waals surface area contributed by atoms with Crippen molar-refractivity contribution < 1.29 is 29.3 Å². The highest BCUT2D eigenvalue weighted by molar-refractivity contribution is 5.63. The molecule has 24 heavy (non-hydrogen) atoms. The Morgan fingerprint density at radius 2 is 2.04 bits per heavy atom. The smallest absolute Gasteiger partial charge is 0.231 e. The van der Waals surface area contributed by atoms with E-state index in [1.807, 2.05) is 6.07 Å². The van der Waals surface area contributed by atoms with Gasteiger partial charge in [-0.05, 0) is 23.8 Å². The van der Waals surface area contributed by atoms with E-state index in [0.717, 1.165) is 29.7 Å². The summed E-state index contributed by atoms with van der Waals surface area (Å²) in [6.45, 7) is 1.10. The van der Waals surface area contributed by atoms with E-state index in [2.05, 4.69) is 7.05 Å². The van der Waals surface area contributed by atoms with Gasteiger partial charge in [-0.2, -0.15) is 0 Å². The maximum Gasteiger partial charge on any atom is 0.231 e. The number of benzene rings is 2. The summed E-state index contributed by atoms with van der Waals surface area (Å²) >= 11 is 0. The highest BCUT2D eigenvalue weighted by Crippen LogP contribution is 2.49. The molecule has 3 N–H and O–H groups in total. The number of aromatic hydroxyl groups is 2. The lowest BCUT2D eigenvalue weighted by atomic mass is 9.86. The molecule has 0 fully saturated rings. The Morgan fingerprint density at radius 3 is 2.79 bits per heavy atom. The van der Waals surface area contributed by atoms with Crippen LogP contribution in [0.5, 0.6) is 28.7 Å². The highest BCUT2D eigenvalue weighted by atomic mass is 16.7. The minimum Gasteiger partial charge on any atom is -0.508 e. The van der Waals surface area contributed by atoms with Gasteiger partial charge in [0.25, 0.3) is 0 Å². The zero-order valence-corrected chi connectivity index (χ0v) is 13.6. The number of methoxy groups -OCH3 is 1. The van der Waals surface area contributed by atoms with Crippen LogP contribution in [0, 0.1) is 0 Å². The number of quaternary nitrogens is 1. The van der Waals surface area contributed by atoms with Crippen molar-refractivity contribution in [3.8, 4) is 28.7 Å². The van der Waals surface area contributed by atoms with E-state index in [4.69, 9.17) is 14.2 Å². The van der Waals surface area contributed by atoms with Crippen LogP contribution in [0.3, 0.4) is 0 Å². The predicted molar refractivity (Wildman–Crippen MR) is 86.2 cm³/mol. The van der Waals surface area contributed by atoms with Crippen LogP contribution < -0.4 is 19.1 Å². The SMILES string of the molecule is COc1c2c(cc3c1[C@@H](c1ccc(O)cc1O)[NH+](C)CC3)OCO2. The lowest BCUT2D eigenvalue weighted by Crippen LogP contribution is -3.10. The minimum absolute atomic E-state index is 0.0441. The summed E-state index contributed by atoms with van der Waals surface area (Å²) in [6.07, 6.45) is 0.892. The second-order valence-corrected chi connectivity index (χ2v) is 6.24. The van der Waals surface area contributed by atoms with Gasteiger partial charge in [-0.25, -0.2) is 0 Å². The van der Waals surface area contributed by atoms with E-state index in [1.165, 1.54) is 11.0 Å². The standard InChI is InChI=1S/C18H19NO5/c1-19-6-5-10-7-14-17(24-9-23-14)18(22-2)15(10)16(19)12-4-3-11(20)8-13(12)21/h3-4,7-8,16,20-21H,5-6,9H2,1-2H3/p+1/t16-/m1/s1. The van der Waals surface area contributed by atoms with E-state index in [-0.39, 0.29) is 24.3 Å². The van der Waals surface area contributed by atoms with E-state index in [9.17, 15) is 10.2 Å². The van der Waals surface area contributed by atoms with Crippen molar-refractivity contribution in [3.63, 3.8) is 0 Å². The number of ether oxygens (including phenoxy) is 3. The van der Waals surface area contributed by atoms with E-state index < -0.39 is 0 Å². The van der Waals surface area contributed by atoms with Gasteiger partial charge in [0.1, 0.15) is 17.5 Å². The Kier molecular flexibility index (Phi) is 3.42. The summed E-state index contributed by atoms with van der Waals surface area (Å²) in [4.78, 5) is 1.24. The van der Waals surface area contributed by atoms with Crippen LogP contribution in [0.15, 0.2) is 24.3 Å². The first-order valence-electron chi connectivity index (χ1n) is 7.93. The molecule has 0 amide bonds. The van der Waals surface area contributed by atoms with Crippen molar-refractivity contribution in [2.24, 2.45) is 0 Å². The summed E-state index contributed by atoms with van der Waals surface area (Å²) in [5.41, 5.74) is 2.90. The van der Waals surface area contributed by atoms with E-state index in [1.54, 1.807) is 19.2 Å². The van der Waals surface area contributed by atoms with Gasteiger partial charge in [0, 0.05) is 12.5 Å². The molecule has 126 valence electrons. The Morgan fingerprint density at radius 1 is 1.21 bits per heavy atom. The number of rotatable bonds is 2. The highest BCUT2D eigenvalue weighted by Gasteiger charge is 2.38. The Bertz CT molecular complexity index is 804. The number of nitrogens with one attached hydrogen (secondary N) is 1. The van der Waals surface area contributed by atoms with E-state index >= 15 is 0 Å². The largest absolute Gasteiger partial charge is 0.508 e. The Balaban J connectivity index is 1.94. The van der Waals surface area contributed by atoms with E-state index in [0.29, 0.717) is 17.2 Å². The van der Waals surface area contributed by atoms with Crippen LogP contribution in [0.25, 0.3) is 0 Å². The van der Waals surface area contributed by atoms with Crippen LogP contribution >= 0.6 is 0 Å². The molecule has 0 saturated heterocycles. The fourth-order valence-corrected chi connectivity index (χ4v) is 3.72. The predicted octanol–water partition coefficient (Wildman–Crippen LogP) is 0.995. The third-order valence-corrected chi connectivity index (χ3v) is 4.84. The number of phenolic OH excluding ortho intramolecular Hbond substituents is 2. The van der Waals surface area contributed by atoms with Gasteiger partial charge in [0.15, 0.2) is 11.5 Å². The summed E-state index contributed by atoms with van der Waals surface area (Å²) < 4.78 is 16.8. The molecule has 6 heteroatoms. The van der Waals surface area contributed by atoms with Gasteiger partial charge in [0.2, 0.25) is 12.5 Å². The first-order chi connectivity index (χ1) is 11.6. The zero-order valence-electron chi connectivity index (χ0n) is 13.6. The van der Waals surface area contributed by atoms with Gasteiger partial charge < -0.3 is 29.3 Å². The van der Waals surface area contributed by atoms with Crippen molar-refractivity contribution >= 4 is 0 Å². The van der Waals surface area contributed by atoms with Crippen molar-refractivity contribution in [2.45, 2.75) is 12.5 Å². The van der Waals surface area contributed by atoms with Gasteiger partial charge in [-0.15, -0.1) is 0 Å². The number of fused-ring (bicyclic) bond motifs is 2. The average Bonchev–Trinajstić information content (AvgIpc) is 3.02. The maximum atomic E-state index is 10.4. The van der Waals surface area contributed by atoms with Crippen LogP contribution in [0.1, 0.15) is 22.7 Å². The first kappa shape index (κ1) is 15.0. The lowest BCUT2D eigenvalue weighted by molar-refractivity contribution is -0.908. The molecule has 2 aliphatic rings. The van der Waals surface area contributed by atoms with Crippen molar-refractivity contribution in [1.29, 1.82) is 0 Å². The Hall–Kier alpha value is -2.60. The summed E-state index contributed by atoms with van der Waals surface area (Å²) in [6, 6.07) is 6.63. The number of phenols is 2. The lowest BCUT2D eigenvalue weighted by Gasteiger charge is -2.33. The molecule has 0 saturated carbocycles. The molecule has 2 aromatic carbocycles. The molecular formula is C18H20NO5+. The topological polar surface area (TPSA) is 72.6 Å². The minimum atomic E-state index is -0.112.